The molecule has 0 aliphatic carbocycles. The van der Waals surface area contributed by atoms with E-state index in [0.29, 0.717) is 16.5 Å². The largest absolute Gasteiger partial charge is 0.443 e. The molecule has 4 aromatic rings. The van der Waals surface area contributed by atoms with Gasteiger partial charge < -0.3 is 4.42 Å². The molecule has 9 heteroatoms. The molecule has 0 amide bonds. The summed E-state index contributed by atoms with van der Waals surface area (Å²) in [5.41, 5.74) is 1.40. The molecule has 0 aliphatic rings. The molecule has 0 radical (unpaired) electrons. The van der Waals surface area contributed by atoms with E-state index in [2.05, 4.69) is 4.72 Å². The summed E-state index contributed by atoms with van der Waals surface area (Å²) in [5.74, 6) is -1.14. The molecule has 4 rings (SSSR count). The quantitative estimate of drug-likeness (QED) is 0.424. The molecule has 0 bridgehead atoms. The normalized spacial score (nSPS) is 12.2. The zero-order valence-corrected chi connectivity index (χ0v) is 18.0. The van der Waals surface area contributed by atoms with Gasteiger partial charge in [0, 0.05) is 11.5 Å². The van der Waals surface area contributed by atoms with E-state index in [1.165, 1.54) is 6.07 Å². The summed E-state index contributed by atoms with van der Waals surface area (Å²) < 4.78 is 73.2. The highest BCUT2D eigenvalue weighted by molar-refractivity contribution is 7.93. The van der Waals surface area contributed by atoms with Crippen LogP contribution in [0.15, 0.2) is 87.2 Å². The molecule has 1 heterocycles. The molecule has 1 aromatic heterocycles. The second-order valence-electron chi connectivity index (χ2n) is 7.10. The Bertz CT molecular complexity index is 1460. The van der Waals surface area contributed by atoms with Gasteiger partial charge in [-0.25, -0.2) is 12.8 Å². The molecular weight excluding hydrogens is 441 g/mol. The van der Waals surface area contributed by atoms with Crippen LogP contribution in [0.25, 0.3) is 11.0 Å². The number of anilines is 1. The summed E-state index contributed by atoms with van der Waals surface area (Å²) in [6, 6.07) is 17.8. The molecule has 6 nitrogen and oxygen atoms in total. The second kappa shape index (κ2) is 7.82. The number of benzene rings is 3. The van der Waals surface area contributed by atoms with Crippen LogP contribution in [0.4, 0.5) is 10.1 Å². The van der Waals surface area contributed by atoms with Crippen LogP contribution in [0.3, 0.4) is 0 Å². The molecule has 160 valence electrons. The molecule has 31 heavy (non-hydrogen) atoms. The highest BCUT2D eigenvalue weighted by atomic mass is 32.2. The first-order valence-corrected chi connectivity index (χ1v) is 12.4. The van der Waals surface area contributed by atoms with Gasteiger partial charge in [-0.2, -0.15) is 8.42 Å². The van der Waals surface area contributed by atoms with Crippen molar-refractivity contribution in [1.82, 2.24) is 0 Å². The minimum Gasteiger partial charge on any atom is -0.443 e. The molecule has 3 aromatic carbocycles. The number of sulfonamides is 1. The lowest BCUT2D eigenvalue weighted by molar-refractivity contribution is 0.484. The predicted molar refractivity (Wildman–Crippen MR) is 115 cm³/mol. The van der Waals surface area contributed by atoms with Gasteiger partial charge in [-0.05, 0) is 36.8 Å². The summed E-state index contributed by atoms with van der Waals surface area (Å²) in [5, 5.41) is 0.161. The lowest BCUT2D eigenvalue weighted by atomic mass is 10.2. The maximum absolute atomic E-state index is 13.9. The number of sulfone groups is 1. The fourth-order valence-electron chi connectivity index (χ4n) is 3.24. The Kier molecular flexibility index (Phi) is 5.32. The van der Waals surface area contributed by atoms with Crippen LogP contribution in [0.1, 0.15) is 11.1 Å². The predicted octanol–water partition coefficient (Wildman–Crippen LogP) is 4.66. The van der Waals surface area contributed by atoms with Crippen LogP contribution in [-0.4, -0.2) is 16.8 Å². The number of rotatable bonds is 6. The summed E-state index contributed by atoms with van der Waals surface area (Å²) in [7, 11) is -8.28. The van der Waals surface area contributed by atoms with Crippen molar-refractivity contribution >= 4 is 36.5 Å². The van der Waals surface area contributed by atoms with E-state index < -0.39 is 30.8 Å². The number of para-hydroxylation sites is 1. The zero-order valence-electron chi connectivity index (χ0n) is 16.4. The first kappa shape index (κ1) is 21.1. The average molecular weight is 460 g/mol. The van der Waals surface area contributed by atoms with E-state index in [1.54, 1.807) is 42.5 Å². The van der Waals surface area contributed by atoms with E-state index in [0.717, 1.165) is 23.8 Å². The number of furan rings is 1. The van der Waals surface area contributed by atoms with E-state index in [4.69, 9.17) is 4.42 Å². The van der Waals surface area contributed by atoms with Gasteiger partial charge in [-0.3, -0.25) is 4.72 Å². The molecule has 0 unspecified atom stereocenters. The molecule has 0 atom stereocenters. The number of aryl methyl sites for hydroxylation is 1. The third-order valence-corrected chi connectivity index (χ3v) is 7.59. The number of hydrogen-bond donors (Lipinski definition) is 1. The van der Waals surface area contributed by atoms with Gasteiger partial charge in [0.05, 0.1) is 16.3 Å². The first-order chi connectivity index (χ1) is 14.6. The van der Waals surface area contributed by atoms with Gasteiger partial charge in [-0.1, -0.05) is 48.0 Å². The van der Waals surface area contributed by atoms with Crippen LogP contribution in [0, 0.1) is 12.7 Å². The maximum Gasteiger partial charge on any atom is 0.295 e. The SMILES string of the molecule is Cc1cccc(CS(=O)(=O)c2ccc(F)cc2NS(=O)(=O)c2cc3ccccc3o2)c1. The molecule has 0 spiro atoms. The van der Waals surface area contributed by atoms with Crippen LogP contribution in [0.5, 0.6) is 0 Å². The maximum atomic E-state index is 13.9. The monoisotopic (exact) mass is 459 g/mol. The lowest BCUT2D eigenvalue weighted by Crippen LogP contribution is -2.16. The Morgan fingerprint density at radius 2 is 1.68 bits per heavy atom. The zero-order chi connectivity index (χ0) is 22.2. The lowest BCUT2D eigenvalue weighted by Gasteiger charge is -2.13. The third kappa shape index (κ3) is 4.47. The Morgan fingerprint density at radius 1 is 0.903 bits per heavy atom. The van der Waals surface area contributed by atoms with Crippen molar-refractivity contribution in [2.45, 2.75) is 22.7 Å². The van der Waals surface area contributed by atoms with Crippen molar-refractivity contribution in [1.29, 1.82) is 0 Å². The van der Waals surface area contributed by atoms with Crippen molar-refractivity contribution in [2.24, 2.45) is 0 Å². The summed E-state index contributed by atoms with van der Waals surface area (Å²) >= 11 is 0. The van der Waals surface area contributed by atoms with Gasteiger partial charge in [-0.15, -0.1) is 0 Å². The van der Waals surface area contributed by atoms with Gasteiger partial charge in [0.25, 0.3) is 10.0 Å². The van der Waals surface area contributed by atoms with E-state index >= 15 is 0 Å². The molecule has 1 N–H and O–H groups in total. The molecule has 0 saturated carbocycles. The molecule has 0 fully saturated rings. The first-order valence-electron chi connectivity index (χ1n) is 9.23. The van der Waals surface area contributed by atoms with Crippen molar-refractivity contribution < 1.29 is 25.6 Å². The van der Waals surface area contributed by atoms with Crippen LogP contribution in [0.2, 0.25) is 0 Å². The van der Waals surface area contributed by atoms with Crippen LogP contribution >= 0.6 is 0 Å². The van der Waals surface area contributed by atoms with Gasteiger partial charge in [0.15, 0.2) is 9.84 Å². The summed E-state index contributed by atoms with van der Waals surface area (Å²) in [6.07, 6.45) is 0. The Balaban J connectivity index is 1.72. The number of nitrogens with one attached hydrogen (secondary N) is 1. The van der Waals surface area contributed by atoms with E-state index in [1.807, 2.05) is 13.0 Å². The Hall–Kier alpha value is -3.17. The highest BCUT2D eigenvalue weighted by Crippen LogP contribution is 2.30. The van der Waals surface area contributed by atoms with Crippen molar-refractivity contribution in [3.63, 3.8) is 0 Å². The summed E-state index contributed by atoms with van der Waals surface area (Å²) in [6.45, 7) is 1.83. The average Bonchev–Trinajstić information content (AvgIpc) is 3.12. The topological polar surface area (TPSA) is 93.5 Å². The Morgan fingerprint density at radius 3 is 2.42 bits per heavy atom. The molecule has 0 saturated heterocycles. The number of halogens is 1. The third-order valence-electron chi connectivity index (χ3n) is 4.63. The van der Waals surface area contributed by atoms with Crippen molar-refractivity contribution in [3.8, 4) is 0 Å². The van der Waals surface area contributed by atoms with E-state index in [9.17, 15) is 21.2 Å². The Labute approximate surface area is 179 Å². The summed E-state index contributed by atoms with van der Waals surface area (Å²) in [4.78, 5) is -0.324. The van der Waals surface area contributed by atoms with Crippen molar-refractivity contribution in [3.05, 3.63) is 89.7 Å². The minimum absolute atomic E-state index is 0.324. The van der Waals surface area contributed by atoms with Gasteiger partial charge in [0.1, 0.15) is 11.4 Å². The van der Waals surface area contributed by atoms with E-state index in [-0.39, 0.29) is 16.3 Å². The fourth-order valence-corrected chi connectivity index (χ4v) is 5.84. The molecular formula is C22H18FNO5S2. The van der Waals surface area contributed by atoms with Crippen LogP contribution in [-0.2, 0) is 25.6 Å². The van der Waals surface area contributed by atoms with Crippen LogP contribution < -0.4 is 4.72 Å². The highest BCUT2D eigenvalue weighted by Gasteiger charge is 2.26. The standard InChI is InChI=1S/C22H18FNO5S2/c1-15-5-4-6-16(11-15)14-30(25,26)21-10-9-18(23)13-19(21)24-31(27,28)22-12-17-7-2-3-8-20(17)29-22/h2-13,24H,14H2,1H3. The second-order valence-corrected chi connectivity index (χ2v) is 10.7. The minimum atomic E-state index is -4.30. The number of fused-ring (bicyclic) bond motifs is 1. The van der Waals surface area contributed by atoms with Crippen molar-refractivity contribution in [2.75, 3.05) is 4.72 Å². The molecule has 0 aliphatic heterocycles. The van der Waals surface area contributed by atoms with Gasteiger partial charge >= 0.3 is 0 Å². The fraction of sp³-hybridized carbons (Fsp3) is 0.0909. The number of hydrogen-bond acceptors (Lipinski definition) is 5. The van der Waals surface area contributed by atoms with Gasteiger partial charge in [0.2, 0.25) is 5.09 Å². The smallest absolute Gasteiger partial charge is 0.295 e.